The number of ether oxygens (including phenoxy) is 1. The smallest absolute Gasteiger partial charge is 0.383 e. The Labute approximate surface area is 110 Å². The van der Waals surface area contributed by atoms with E-state index < -0.39 is 11.7 Å². The van der Waals surface area contributed by atoms with Gasteiger partial charge in [-0.15, -0.1) is 0 Å². The lowest BCUT2D eigenvalue weighted by molar-refractivity contribution is -0.137. The highest BCUT2D eigenvalue weighted by molar-refractivity contribution is 5.50. The summed E-state index contributed by atoms with van der Waals surface area (Å²) in [6, 6.07) is 1.90. The van der Waals surface area contributed by atoms with E-state index in [-0.39, 0.29) is 17.7 Å². The average Bonchev–Trinajstić information content (AvgIpc) is 2.36. The minimum atomic E-state index is -4.39. The molecule has 0 saturated heterocycles. The standard InChI is InChI=1S/C12H18F3N3O/c1-4-9(7-19-3)17-11-6-8(12(13,14)15)5-10(16-2)18-11/h5-6,9H,4,7H2,1-3H3,(H2,16,17,18). The van der Waals surface area contributed by atoms with E-state index >= 15 is 0 Å². The van der Waals surface area contributed by atoms with Crippen LogP contribution in [0, 0.1) is 0 Å². The van der Waals surface area contributed by atoms with Crippen LogP contribution in [0.3, 0.4) is 0 Å². The van der Waals surface area contributed by atoms with Gasteiger partial charge in [-0.2, -0.15) is 13.2 Å². The fraction of sp³-hybridized carbons (Fsp3) is 0.583. The van der Waals surface area contributed by atoms with Gasteiger partial charge < -0.3 is 15.4 Å². The summed E-state index contributed by atoms with van der Waals surface area (Å²) in [5.74, 6) is 0.354. The molecule has 1 atom stereocenters. The van der Waals surface area contributed by atoms with E-state index in [1.165, 1.54) is 7.05 Å². The molecule has 0 aliphatic rings. The van der Waals surface area contributed by atoms with E-state index in [4.69, 9.17) is 4.74 Å². The number of anilines is 2. The molecule has 0 aliphatic carbocycles. The van der Waals surface area contributed by atoms with Gasteiger partial charge in [-0.3, -0.25) is 0 Å². The predicted octanol–water partition coefficient (Wildman–Crippen LogP) is 2.98. The number of nitrogens with zero attached hydrogens (tertiary/aromatic N) is 1. The molecule has 4 nitrogen and oxygen atoms in total. The van der Waals surface area contributed by atoms with Gasteiger partial charge in [0.25, 0.3) is 0 Å². The lowest BCUT2D eigenvalue weighted by Gasteiger charge is -2.18. The largest absolute Gasteiger partial charge is 0.416 e. The van der Waals surface area contributed by atoms with Crippen LogP contribution < -0.4 is 10.6 Å². The van der Waals surface area contributed by atoms with Gasteiger partial charge in [0.15, 0.2) is 0 Å². The summed E-state index contributed by atoms with van der Waals surface area (Å²) in [7, 11) is 3.07. The van der Waals surface area contributed by atoms with Crippen molar-refractivity contribution in [2.45, 2.75) is 25.6 Å². The number of methoxy groups -OCH3 is 1. The Kier molecular flexibility index (Phi) is 5.41. The van der Waals surface area contributed by atoms with Crippen LogP contribution in [0.5, 0.6) is 0 Å². The first-order valence-electron chi connectivity index (χ1n) is 5.93. The van der Waals surface area contributed by atoms with E-state index in [1.54, 1.807) is 7.11 Å². The Hall–Kier alpha value is -1.50. The lowest BCUT2D eigenvalue weighted by atomic mass is 10.2. The highest BCUT2D eigenvalue weighted by atomic mass is 19.4. The summed E-state index contributed by atoms with van der Waals surface area (Å²) in [4.78, 5) is 4.06. The maximum absolute atomic E-state index is 12.7. The van der Waals surface area contributed by atoms with E-state index in [9.17, 15) is 13.2 Å². The zero-order chi connectivity index (χ0) is 14.5. The van der Waals surface area contributed by atoms with Crippen molar-refractivity contribution in [3.05, 3.63) is 17.7 Å². The monoisotopic (exact) mass is 277 g/mol. The van der Waals surface area contributed by atoms with Crippen molar-refractivity contribution in [1.82, 2.24) is 4.98 Å². The topological polar surface area (TPSA) is 46.2 Å². The van der Waals surface area contributed by atoms with Gasteiger partial charge in [0, 0.05) is 14.2 Å². The summed E-state index contributed by atoms with van der Waals surface area (Å²) >= 11 is 0. The molecule has 1 aromatic heterocycles. The molecule has 0 radical (unpaired) electrons. The summed E-state index contributed by atoms with van der Waals surface area (Å²) in [6.07, 6.45) is -3.67. The SMILES string of the molecule is CCC(COC)Nc1cc(C(F)(F)F)cc(NC)n1. The molecule has 0 amide bonds. The minimum Gasteiger partial charge on any atom is -0.383 e. The van der Waals surface area contributed by atoms with Gasteiger partial charge in [-0.05, 0) is 18.6 Å². The number of alkyl halides is 3. The average molecular weight is 277 g/mol. The van der Waals surface area contributed by atoms with Gasteiger partial charge in [0.05, 0.1) is 18.2 Å². The van der Waals surface area contributed by atoms with Crippen LogP contribution in [0.4, 0.5) is 24.8 Å². The molecule has 0 fully saturated rings. The summed E-state index contributed by atoms with van der Waals surface area (Å²) < 4.78 is 43.2. The van der Waals surface area contributed by atoms with Gasteiger partial charge in [0.2, 0.25) is 0 Å². The molecule has 1 unspecified atom stereocenters. The molecule has 0 aromatic carbocycles. The van der Waals surface area contributed by atoms with E-state index in [0.29, 0.717) is 6.61 Å². The molecule has 1 rings (SSSR count). The van der Waals surface area contributed by atoms with Crippen molar-refractivity contribution in [3.8, 4) is 0 Å². The number of hydrogen-bond donors (Lipinski definition) is 2. The van der Waals surface area contributed by atoms with Crippen molar-refractivity contribution >= 4 is 11.6 Å². The second-order valence-corrected chi connectivity index (χ2v) is 4.08. The molecule has 1 aromatic rings. The molecule has 0 aliphatic heterocycles. The zero-order valence-corrected chi connectivity index (χ0v) is 11.1. The van der Waals surface area contributed by atoms with Crippen LogP contribution in [0.1, 0.15) is 18.9 Å². The molecule has 0 spiro atoms. The lowest BCUT2D eigenvalue weighted by Crippen LogP contribution is -2.25. The van der Waals surface area contributed by atoms with Crippen LogP contribution in [0.25, 0.3) is 0 Å². The van der Waals surface area contributed by atoms with Gasteiger partial charge >= 0.3 is 6.18 Å². The molecule has 0 saturated carbocycles. The fourth-order valence-corrected chi connectivity index (χ4v) is 1.57. The first-order valence-corrected chi connectivity index (χ1v) is 5.93. The maximum Gasteiger partial charge on any atom is 0.416 e. The summed E-state index contributed by atoms with van der Waals surface area (Å²) in [5.41, 5.74) is -0.735. The Morgan fingerprint density at radius 1 is 1.32 bits per heavy atom. The molecular formula is C12H18F3N3O. The summed E-state index contributed by atoms with van der Waals surface area (Å²) in [5, 5.41) is 5.56. The predicted molar refractivity (Wildman–Crippen MR) is 68.4 cm³/mol. The van der Waals surface area contributed by atoms with Crippen LogP contribution in [0.15, 0.2) is 12.1 Å². The zero-order valence-electron chi connectivity index (χ0n) is 11.1. The molecule has 108 valence electrons. The Balaban J connectivity index is 3.00. The highest BCUT2D eigenvalue weighted by Gasteiger charge is 2.31. The third-order valence-corrected chi connectivity index (χ3v) is 2.62. The van der Waals surface area contributed by atoms with Crippen LogP contribution in [0.2, 0.25) is 0 Å². The molecule has 19 heavy (non-hydrogen) atoms. The molecule has 2 N–H and O–H groups in total. The number of rotatable bonds is 6. The third-order valence-electron chi connectivity index (χ3n) is 2.62. The molecule has 0 bridgehead atoms. The Morgan fingerprint density at radius 2 is 1.95 bits per heavy atom. The van der Waals surface area contributed by atoms with Crippen molar-refractivity contribution in [2.75, 3.05) is 31.4 Å². The Morgan fingerprint density at radius 3 is 2.42 bits per heavy atom. The van der Waals surface area contributed by atoms with Crippen molar-refractivity contribution in [3.63, 3.8) is 0 Å². The fourth-order valence-electron chi connectivity index (χ4n) is 1.57. The first kappa shape index (κ1) is 15.6. The van der Waals surface area contributed by atoms with Crippen LogP contribution in [-0.4, -0.2) is 31.8 Å². The second kappa shape index (κ2) is 6.60. The second-order valence-electron chi connectivity index (χ2n) is 4.08. The number of nitrogens with one attached hydrogen (secondary N) is 2. The molecule has 7 heteroatoms. The van der Waals surface area contributed by atoms with E-state index in [0.717, 1.165) is 18.6 Å². The van der Waals surface area contributed by atoms with Gasteiger partial charge in [-0.25, -0.2) is 4.98 Å². The van der Waals surface area contributed by atoms with Crippen molar-refractivity contribution in [2.24, 2.45) is 0 Å². The van der Waals surface area contributed by atoms with Crippen LogP contribution in [-0.2, 0) is 10.9 Å². The van der Waals surface area contributed by atoms with Crippen molar-refractivity contribution in [1.29, 1.82) is 0 Å². The number of pyridine rings is 1. The van der Waals surface area contributed by atoms with E-state index in [2.05, 4.69) is 15.6 Å². The highest BCUT2D eigenvalue weighted by Crippen LogP contribution is 2.32. The normalized spacial score (nSPS) is 13.2. The van der Waals surface area contributed by atoms with Crippen molar-refractivity contribution < 1.29 is 17.9 Å². The van der Waals surface area contributed by atoms with E-state index in [1.807, 2.05) is 6.92 Å². The quantitative estimate of drug-likeness (QED) is 0.839. The van der Waals surface area contributed by atoms with Gasteiger partial charge in [-0.1, -0.05) is 6.92 Å². The minimum absolute atomic E-state index is 0.0781. The number of aromatic nitrogens is 1. The third kappa shape index (κ3) is 4.59. The number of halogens is 3. The molecular weight excluding hydrogens is 259 g/mol. The van der Waals surface area contributed by atoms with Crippen LogP contribution >= 0.6 is 0 Å². The maximum atomic E-state index is 12.7. The first-order chi connectivity index (χ1) is 8.90. The summed E-state index contributed by atoms with van der Waals surface area (Å²) in [6.45, 7) is 2.33. The van der Waals surface area contributed by atoms with Gasteiger partial charge in [0.1, 0.15) is 11.6 Å². The number of hydrogen-bond acceptors (Lipinski definition) is 4. The Bertz CT molecular complexity index is 410. The molecule has 1 heterocycles.